The topological polar surface area (TPSA) is 74.6 Å². The summed E-state index contributed by atoms with van der Waals surface area (Å²) in [6.45, 7) is 1.08. The lowest BCUT2D eigenvalue weighted by Gasteiger charge is -2.39. The molecule has 0 radical (unpaired) electrons. The van der Waals surface area contributed by atoms with Crippen LogP contribution in [0.3, 0.4) is 0 Å². The van der Waals surface area contributed by atoms with Crippen LogP contribution in [-0.2, 0) is 9.59 Å². The SMILES string of the molecule is CC(=O)O.O=C(O)C(/C1=C/CCCCCCCC1)(/C1=C/CCCCCCCC1)/C1=C/CCCCCCCC1. The predicted molar refractivity (Wildman–Crippen MR) is 158 cm³/mol. The largest absolute Gasteiger partial charge is 0.481 e. The van der Waals surface area contributed by atoms with Crippen LogP contribution in [0.15, 0.2) is 34.9 Å². The maximum absolute atomic E-state index is 13.7. The zero-order valence-electron chi connectivity index (χ0n) is 24.4. The van der Waals surface area contributed by atoms with Gasteiger partial charge >= 0.3 is 5.97 Å². The van der Waals surface area contributed by atoms with Gasteiger partial charge in [0.25, 0.3) is 5.97 Å². The van der Waals surface area contributed by atoms with E-state index in [4.69, 9.17) is 9.90 Å². The highest BCUT2D eigenvalue weighted by atomic mass is 16.4. The predicted octanol–water partition coefficient (Wildman–Crippen LogP) is 10.3. The molecule has 216 valence electrons. The van der Waals surface area contributed by atoms with Gasteiger partial charge in [0.05, 0.1) is 0 Å². The van der Waals surface area contributed by atoms with Gasteiger partial charge in [0.2, 0.25) is 0 Å². The lowest BCUT2D eigenvalue weighted by atomic mass is 9.63. The normalized spacial score (nSPS) is 25.9. The van der Waals surface area contributed by atoms with Gasteiger partial charge in [-0.05, 0) is 93.8 Å². The van der Waals surface area contributed by atoms with Crippen LogP contribution in [0.2, 0.25) is 0 Å². The van der Waals surface area contributed by atoms with E-state index in [1.807, 2.05) is 0 Å². The summed E-state index contributed by atoms with van der Waals surface area (Å²) in [5.41, 5.74) is 2.85. The zero-order chi connectivity index (χ0) is 27.5. The van der Waals surface area contributed by atoms with Crippen LogP contribution in [0.5, 0.6) is 0 Å². The second-order valence-corrected chi connectivity index (χ2v) is 11.7. The Labute approximate surface area is 233 Å². The lowest BCUT2D eigenvalue weighted by Crippen LogP contribution is -2.38. The van der Waals surface area contributed by atoms with Crippen molar-refractivity contribution in [1.29, 1.82) is 0 Å². The Morgan fingerprint density at radius 1 is 0.500 bits per heavy atom. The third-order valence-corrected chi connectivity index (χ3v) is 8.64. The van der Waals surface area contributed by atoms with Crippen molar-refractivity contribution >= 4 is 11.9 Å². The Kier molecular flexibility index (Phi) is 16.4. The monoisotopic (exact) mass is 528 g/mol. The molecule has 0 amide bonds. The van der Waals surface area contributed by atoms with Crippen molar-refractivity contribution in [3.05, 3.63) is 34.9 Å². The number of allylic oxidation sites excluding steroid dienone is 3. The third-order valence-electron chi connectivity index (χ3n) is 8.64. The van der Waals surface area contributed by atoms with Crippen LogP contribution >= 0.6 is 0 Å². The molecule has 0 heterocycles. The van der Waals surface area contributed by atoms with Gasteiger partial charge in [-0.25, -0.2) is 0 Å². The van der Waals surface area contributed by atoms with E-state index in [9.17, 15) is 9.90 Å². The van der Waals surface area contributed by atoms with Crippen LogP contribution in [0.1, 0.15) is 161 Å². The molecule has 3 rings (SSSR count). The summed E-state index contributed by atoms with van der Waals surface area (Å²) in [5.74, 6) is -1.41. The number of hydrogen-bond acceptors (Lipinski definition) is 2. The first-order chi connectivity index (χ1) is 18.5. The third kappa shape index (κ3) is 11.1. The van der Waals surface area contributed by atoms with E-state index >= 15 is 0 Å². The van der Waals surface area contributed by atoms with Crippen LogP contribution in [0, 0.1) is 5.41 Å². The fourth-order valence-electron chi connectivity index (χ4n) is 6.69. The summed E-state index contributed by atoms with van der Waals surface area (Å²) < 4.78 is 0. The van der Waals surface area contributed by atoms with Gasteiger partial charge in [0.15, 0.2) is 0 Å². The Bertz CT molecular complexity index is 701. The van der Waals surface area contributed by atoms with Crippen molar-refractivity contribution in [3.8, 4) is 0 Å². The van der Waals surface area contributed by atoms with Crippen molar-refractivity contribution in [3.63, 3.8) is 0 Å². The summed E-state index contributed by atoms with van der Waals surface area (Å²) >= 11 is 0. The van der Waals surface area contributed by atoms with E-state index in [0.717, 1.165) is 64.7 Å². The minimum absolute atomic E-state index is 0.581. The molecule has 0 bridgehead atoms. The summed E-state index contributed by atoms with van der Waals surface area (Å²) in [5, 5.41) is 18.6. The second kappa shape index (κ2) is 19.3. The molecule has 3 aliphatic rings. The Hall–Kier alpha value is -1.84. The van der Waals surface area contributed by atoms with Gasteiger partial charge in [-0.2, -0.15) is 0 Å². The van der Waals surface area contributed by atoms with Crippen LogP contribution < -0.4 is 0 Å². The molecule has 0 saturated carbocycles. The van der Waals surface area contributed by atoms with E-state index in [0.29, 0.717) is 0 Å². The van der Waals surface area contributed by atoms with Crippen LogP contribution in [0.25, 0.3) is 0 Å². The van der Waals surface area contributed by atoms with Gasteiger partial charge in [-0.15, -0.1) is 0 Å². The highest BCUT2D eigenvalue weighted by molar-refractivity contribution is 5.87. The van der Waals surface area contributed by atoms with E-state index in [-0.39, 0.29) is 0 Å². The first-order valence-corrected chi connectivity index (χ1v) is 16.0. The molecular formula is C34H56O4. The Morgan fingerprint density at radius 2 is 0.737 bits per heavy atom. The number of rotatable bonds is 4. The Balaban J connectivity index is 0.00000118. The smallest absolute Gasteiger partial charge is 0.322 e. The molecule has 0 fully saturated rings. The number of aliphatic carboxylic acids is 2. The first kappa shape index (κ1) is 32.4. The highest BCUT2D eigenvalue weighted by Crippen LogP contribution is 2.50. The number of carboxylic acids is 2. The van der Waals surface area contributed by atoms with Gasteiger partial charge < -0.3 is 10.2 Å². The fraction of sp³-hybridized carbons (Fsp3) is 0.765. The molecule has 0 unspecified atom stereocenters. The van der Waals surface area contributed by atoms with E-state index in [2.05, 4.69) is 18.2 Å². The molecule has 4 heteroatoms. The summed E-state index contributed by atoms with van der Waals surface area (Å²) in [7, 11) is 0. The maximum atomic E-state index is 13.7. The summed E-state index contributed by atoms with van der Waals surface area (Å²) in [6.07, 6.45) is 35.8. The minimum Gasteiger partial charge on any atom is -0.481 e. The van der Waals surface area contributed by atoms with Gasteiger partial charge in [-0.1, -0.05) is 95.3 Å². The van der Waals surface area contributed by atoms with Crippen molar-refractivity contribution in [2.24, 2.45) is 5.41 Å². The molecule has 0 aromatic heterocycles. The molecule has 38 heavy (non-hydrogen) atoms. The fourth-order valence-corrected chi connectivity index (χ4v) is 6.69. The van der Waals surface area contributed by atoms with E-state index < -0.39 is 17.4 Å². The average Bonchev–Trinajstić information content (AvgIpc) is 2.90. The van der Waals surface area contributed by atoms with Gasteiger partial charge in [0.1, 0.15) is 5.41 Å². The van der Waals surface area contributed by atoms with Crippen molar-refractivity contribution in [2.75, 3.05) is 0 Å². The van der Waals surface area contributed by atoms with Gasteiger partial charge in [0, 0.05) is 6.92 Å². The van der Waals surface area contributed by atoms with E-state index in [1.165, 1.54) is 113 Å². The molecule has 2 N–H and O–H groups in total. The quantitative estimate of drug-likeness (QED) is 0.356. The standard InChI is InChI=1S/C32H52O2.C2H4O2/c33-31(34)32(28-22-16-10-4-1-5-11-17-23-28,29-24-18-12-6-2-7-13-19-25-29)30-26-20-14-8-3-9-15-21-27-30;1-2(3)4/h22,24,26H,1-21,23,25,27H2,(H,33,34);1H3,(H,3,4)/b28-22+,29-24+,30-26+;. The molecule has 0 atom stereocenters. The van der Waals surface area contributed by atoms with E-state index in [1.54, 1.807) is 0 Å². The number of carboxylic acid groups (broad SMARTS) is 2. The van der Waals surface area contributed by atoms with Gasteiger partial charge in [-0.3, -0.25) is 9.59 Å². The molecular weight excluding hydrogens is 472 g/mol. The molecule has 3 aliphatic carbocycles. The summed E-state index contributed by atoms with van der Waals surface area (Å²) in [4.78, 5) is 22.7. The maximum Gasteiger partial charge on any atom is 0.322 e. The molecule has 0 aliphatic heterocycles. The lowest BCUT2D eigenvalue weighted by molar-refractivity contribution is -0.143. The molecule has 0 aromatic carbocycles. The van der Waals surface area contributed by atoms with Crippen molar-refractivity contribution < 1.29 is 19.8 Å². The molecule has 0 saturated heterocycles. The number of carbonyl (C=O) groups is 2. The van der Waals surface area contributed by atoms with Crippen LogP contribution in [0.4, 0.5) is 0 Å². The first-order valence-electron chi connectivity index (χ1n) is 16.0. The molecule has 0 aromatic rings. The molecule has 0 spiro atoms. The van der Waals surface area contributed by atoms with Crippen molar-refractivity contribution in [2.45, 2.75) is 161 Å². The second-order valence-electron chi connectivity index (χ2n) is 11.7. The molecule has 4 nitrogen and oxygen atoms in total. The van der Waals surface area contributed by atoms with Crippen LogP contribution in [-0.4, -0.2) is 22.2 Å². The number of hydrogen-bond donors (Lipinski definition) is 2. The Morgan fingerprint density at radius 3 is 1.00 bits per heavy atom. The van der Waals surface area contributed by atoms with Crippen molar-refractivity contribution in [1.82, 2.24) is 0 Å². The zero-order valence-corrected chi connectivity index (χ0v) is 24.4. The highest BCUT2D eigenvalue weighted by Gasteiger charge is 2.47. The average molecular weight is 529 g/mol. The summed E-state index contributed by atoms with van der Waals surface area (Å²) in [6, 6.07) is 0. The minimum atomic E-state index is -0.877.